The SMILES string of the molecule is CCSC1CCCC(NC(=O)N[C@H](CCO)c2ccccc2)C1. The highest BCUT2D eigenvalue weighted by atomic mass is 32.2. The van der Waals surface area contributed by atoms with Gasteiger partial charge < -0.3 is 15.7 Å². The Labute approximate surface area is 143 Å². The van der Waals surface area contributed by atoms with E-state index in [1.54, 1.807) is 0 Å². The molecule has 2 unspecified atom stereocenters. The van der Waals surface area contributed by atoms with E-state index in [2.05, 4.69) is 17.6 Å². The number of aliphatic hydroxyl groups is 1. The number of aliphatic hydroxyl groups excluding tert-OH is 1. The van der Waals surface area contributed by atoms with E-state index in [0.29, 0.717) is 11.7 Å². The van der Waals surface area contributed by atoms with Crippen LogP contribution in [0.4, 0.5) is 4.79 Å². The lowest BCUT2D eigenvalue weighted by molar-refractivity contribution is 0.222. The summed E-state index contributed by atoms with van der Waals surface area (Å²) in [5.74, 6) is 1.14. The number of thioether (sulfide) groups is 1. The van der Waals surface area contributed by atoms with Crippen molar-refractivity contribution in [1.82, 2.24) is 10.6 Å². The molecule has 23 heavy (non-hydrogen) atoms. The van der Waals surface area contributed by atoms with Gasteiger partial charge in [-0.1, -0.05) is 43.7 Å². The Balaban J connectivity index is 1.86. The van der Waals surface area contributed by atoms with E-state index in [1.165, 1.54) is 12.8 Å². The van der Waals surface area contributed by atoms with Gasteiger partial charge in [0.25, 0.3) is 0 Å². The number of amides is 2. The molecular weight excluding hydrogens is 308 g/mol. The average molecular weight is 337 g/mol. The van der Waals surface area contributed by atoms with E-state index in [4.69, 9.17) is 0 Å². The molecule has 1 saturated carbocycles. The Morgan fingerprint density at radius 3 is 2.83 bits per heavy atom. The van der Waals surface area contributed by atoms with Crippen LogP contribution in [0.2, 0.25) is 0 Å². The lowest BCUT2D eigenvalue weighted by Gasteiger charge is -2.30. The second kappa shape index (κ2) is 9.83. The van der Waals surface area contributed by atoms with Gasteiger partial charge in [0.05, 0.1) is 6.04 Å². The van der Waals surface area contributed by atoms with Gasteiger partial charge in [0.2, 0.25) is 0 Å². The Bertz CT molecular complexity index is 467. The molecule has 0 heterocycles. The highest BCUT2D eigenvalue weighted by Gasteiger charge is 2.24. The number of carbonyl (C=O) groups is 1. The van der Waals surface area contributed by atoms with E-state index in [9.17, 15) is 9.90 Å². The third-order valence-corrected chi connectivity index (χ3v) is 5.52. The molecule has 1 fully saturated rings. The maximum Gasteiger partial charge on any atom is 0.315 e. The highest BCUT2D eigenvalue weighted by molar-refractivity contribution is 7.99. The number of carbonyl (C=O) groups excluding carboxylic acids is 1. The van der Waals surface area contributed by atoms with Crippen molar-refractivity contribution in [2.45, 2.75) is 56.4 Å². The molecule has 1 aliphatic rings. The van der Waals surface area contributed by atoms with Gasteiger partial charge in [-0.05, 0) is 37.0 Å². The van der Waals surface area contributed by atoms with Crippen molar-refractivity contribution in [3.05, 3.63) is 35.9 Å². The third kappa shape index (κ3) is 6.07. The van der Waals surface area contributed by atoms with Gasteiger partial charge in [0.1, 0.15) is 0 Å². The van der Waals surface area contributed by atoms with E-state index in [0.717, 1.165) is 24.2 Å². The van der Waals surface area contributed by atoms with E-state index in [1.807, 2.05) is 42.1 Å². The summed E-state index contributed by atoms with van der Waals surface area (Å²) in [4.78, 5) is 12.3. The van der Waals surface area contributed by atoms with E-state index < -0.39 is 0 Å². The van der Waals surface area contributed by atoms with E-state index in [-0.39, 0.29) is 24.7 Å². The molecule has 128 valence electrons. The zero-order valence-electron chi connectivity index (χ0n) is 13.8. The zero-order valence-corrected chi connectivity index (χ0v) is 14.6. The van der Waals surface area contributed by atoms with Crippen LogP contribution in [0, 0.1) is 0 Å². The fourth-order valence-electron chi connectivity index (χ4n) is 3.19. The maximum atomic E-state index is 12.3. The first-order valence-corrected chi connectivity index (χ1v) is 9.62. The molecule has 4 nitrogen and oxygen atoms in total. The average Bonchev–Trinajstić information content (AvgIpc) is 2.56. The number of hydrogen-bond acceptors (Lipinski definition) is 3. The van der Waals surface area contributed by atoms with Crippen molar-refractivity contribution in [3.63, 3.8) is 0 Å². The first-order chi connectivity index (χ1) is 11.2. The van der Waals surface area contributed by atoms with Crippen molar-refractivity contribution >= 4 is 17.8 Å². The molecule has 1 aromatic carbocycles. The molecule has 1 aromatic rings. The summed E-state index contributed by atoms with van der Waals surface area (Å²) < 4.78 is 0. The number of nitrogens with one attached hydrogen (secondary N) is 2. The predicted molar refractivity (Wildman–Crippen MR) is 96.7 cm³/mol. The van der Waals surface area contributed by atoms with Crippen LogP contribution < -0.4 is 10.6 Å². The molecule has 5 heteroatoms. The van der Waals surface area contributed by atoms with Crippen LogP contribution in [0.5, 0.6) is 0 Å². The minimum Gasteiger partial charge on any atom is -0.396 e. The van der Waals surface area contributed by atoms with Crippen LogP contribution in [0.1, 0.15) is 50.6 Å². The van der Waals surface area contributed by atoms with Gasteiger partial charge in [-0.15, -0.1) is 0 Å². The van der Waals surface area contributed by atoms with Crippen molar-refractivity contribution in [1.29, 1.82) is 0 Å². The Morgan fingerprint density at radius 2 is 2.13 bits per heavy atom. The maximum absolute atomic E-state index is 12.3. The molecule has 0 saturated heterocycles. The summed E-state index contributed by atoms with van der Waals surface area (Å²) in [5, 5.41) is 16.1. The molecule has 2 rings (SSSR count). The molecule has 0 spiro atoms. The van der Waals surface area contributed by atoms with Crippen molar-refractivity contribution in [2.24, 2.45) is 0 Å². The standard InChI is InChI=1S/C18H28N2O2S/c1-2-23-16-10-6-9-15(13-16)19-18(22)20-17(11-12-21)14-7-4-3-5-8-14/h3-5,7-8,15-17,21H,2,6,9-13H2,1H3,(H2,19,20,22)/t15?,16?,17-/m1/s1. The van der Waals surface area contributed by atoms with Crippen LogP contribution in [0.3, 0.4) is 0 Å². The molecule has 0 radical (unpaired) electrons. The van der Waals surface area contributed by atoms with Gasteiger partial charge in [-0.3, -0.25) is 0 Å². The minimum atomic E-state index is -0.148. The topological polar surface area (TPSA) is 61.4 Å². The van der Waals surface area contributed by atoms with Crippen molar-refractivity contribution in [3.8, 4) is 0 Å². The first-order valence-electron chi connectivity index (χ1n) is 8.57. The van der Waals surface area contributed by atoms with Crippen LogP contribution in [-0.2, 0) is 0 Å². The lowest BCUT2D eigenvalue weighted by atomic mass is 9.95. The van der Waals surface area contributed by atoms with E-state index >= 15 is 0 Å². The first kappa shape index (κ1) is 18.1. The van der Waals surface area contributed by atoms with Crippen LogP contribution >= 0.6 is 11.8 Å². The Morgan fingerprint density at radius 1 is 1.35 bits per heavy atom. The minimum absolute atomic E-state index is 0.0541. The van der Waals surface area contributed by atoms with Gasteiger partial charge >= 0.3 is 6.03 Å². The van der Waals surface area contributed by atoms with Crippen LogP contribution in [-0.4, -0.2) is 34.8 Å². The predicted octanol–water partition coefficient (Wildman–Crippen LogP) is 3.47. The molecular formula is C18H28N2O2S. The Hall–Kier alpha value is -1.20. The summed E-state index contributed by atoms with van der Waals surface area (Å²) in [6, 6.07) is 9.81. The summed E-state index contributed by atoms with van der Waals surface area (Å²) in [7, 11) is 0. The highest BCUT2D eigenvalue weighted by Crippen LogP contribution is 2.28. The third-order valence-electron chi connectivity index (χ3n) is 4.29. The second-order valence-corrected chi connectivity index (χ2v) is 7.61. The molecule has 0 aliphatic heterocycles. The van der Waals surface area contributed by atoms with Gasteiger partial charge in [0.15, 0.2) is 0 Å². The summed E-state index contributed by atoms with van der Waals surface area (Å²) >= 11 is 2.00. The number of hydrogen-bond donors (Lipinski definition) is 3. The molecule has 3 atom stereocenters. The molecule has 0 bridgehead atoms. The van der Waals surface area contributed by atoms with Gasteiger partial charge in [0, 0.05) is 17.9 Å². The normalized spacial score (nSPS) is 22.3. The molecule has 1 aliphatic carbocycles. The van der Waals surface area contributed by atoms with Crippen molar-refractivity contribution < 1.29 is 9.90 Å². The smallest absolute Gasteiger partial charge is 0.315 e. The number of rotatable bonds is 7. The summed E-state index contributed by atoms with van der Waals surface area (Å²) in [6.45, 7) is 2.24. The van der Waals surface area contributed by atoms with Gasteiger partial charge in [-0.2, -0.15) is 11.8 Å². The Kier molecular flexibility index (Phi) is 7.76. The fraction of sp³-hybridized carbons (Fsp3) is 0.611. The quantitative estimate of drug-likeness (QED) is 0.714. The van der Waals surface area contributed by atoms with Gasteiger partial charge in [-0.25, -0.2) is 4.79 Å². The number of benzene rings is 1. The molecule has 0 aromatic heterocycles. The van der Waals surface area contributed by atoms with Crippen LogP contribution in [0.25, 0.3) is 0 Å². The monoisotopic (exact) mass is 336 g/mol. The largest absolute Gasteiger partial charge is 0.396 e. The molecule has 2 amide bonds. The van der Waals surface area contributed by atoms with Crippen LogP contribution in [0.15, 0.2) is 30.3 Å². The zero-order chi connectivity index (χ0) is 16.5. The fourth-order valence-corrected chi connectivity index (χ4v) is 4.36. The second-order valence-electron chi connectivity index (χ2n) is 6.03. The van der Waals surface area contributed by atoms with Crippen molar-refractivity contribution in [2.75, 3.05) is 12.4 Å². The number of urea groups is 1. The molecule has 3 N–H and O–H groups in total. The summed E-state index contributed by atoms with van der Waals surface area (Å²) in [5.41, 5.74) is 1.03. The summed E-state index contributed by atoms with van der Waals surface area (Å²) in [6.07, 6.45) is 5.08. The lowest BCUT2D eigenvalue weighted by Crippen LogP contribution is -2.45.